The highest BCUT2D eigenvalue weighted by Crippen LogP contribution is 2.18. The highest BCUT2D eigenvalue weighted by molar-refractivity contribution is 5.75. The molecule has 1 aliphatic heterocycles. The fourth-order valence-electron chi connectivity index (χ4n) is 3.07. The van der Waals surface area contributed by atoms with Crippen molar-refractivity contribution in [2.45, 2.75) is 65.5 Å². The number of hydrogen-bond donors (Lipinski definition) is 1. The van der Waals surface area contributed by atoms with Gasteiger partial charge in [0.1, 0.15) is 0 Å². The van der Waals surface area contributed by atoms with Crippen molar-refractivity contribution in [3.05, 3.63) is 35.4 Å². The average Bonchev–Trinajstić information content (AvgIpc) is 2.57. The van der Waals surface area contributed by atoms with Crippen LogP contribution < -0.4 is 5.32 Å². The average molecular weight is 316 g/mol. The van der Waals surface area contributed by atoms with E-state index in [1.165, 1.54) is 37.1 Å². The third-order valence-corrected chi connectivity index (χ3v) is 4.80. The van der Waals surface area contributed by atoms with Crippen LogP contribution in [0.3, 0.4) is 0 Å². The molecule has 1 aromatic rings. The maximum absolute atomic E-state index is 11.7. The predicted octanol–water partition coefficient (Wildman–Crippen LogP) is 4.12. The lowest BCUT2D eigenvalue weighted by atomic mass is 9.99. The molecule has 1 heterocycles. The van der Waals surface area contributed by atoms with E-state index >= 15 is 0 Å². The Bertz CT molecular complexity index is 461. The maximum Gasteiger partial charge on any atom is 0.220 e. The second-order valence-corrected chi connectivity index (χ2v) is 7.01. The van der Waals surface area contributed by atoms with E-state index in [0.717, 1.165) is 31.7 Å². The maximum atomic E-state index is 11.7. The fourth-order valence-corrected chi connectivity index (χ4v) is 3.07. The molecule has 3 nitrogen and oxygen atoms in total. The monoisotopic (exact) mass is 316 g/mol. The number of nitrogens with one attached hydrogen (secondary N) is 1. The van der Waals surface area contributed by atoms with Crippen molar-refractivity contribution in [3.8, 4) is 0 Å². The highest BCUT2D eigenvalue weighted by atomic mass is 16.1. The summed E-state index contributed by atoms with van der Waals surface area (Å²) in [7, 11) is 0. The molecule has 1 fully saturated rings. The van der Waals surface area contributed by atoms with Crippen LogP contribution in [0.2, 0.25) is 0 Å². The van der Waals surface area contributed by atoms with Crippen molar-refractivity contribution >= 4 is 5.91 Å². The van der Waals surface area contributed by atoms with Crippen molar-refractivity contribution in [1.29, 1.82) is 0 Å². The lowest BCUT2D eigenvalue weighted by Crippen LogP contribution is -2.32. The SMILES string of the molecule is CCCCCC(=O)NCc1ccc(CN2CCC(C)CC2)cc1. The van der Waals surface area contributed by atoms with Gasteiger partial charge >= 0.3 is 0 Å². The van der Waals surface area contributed by atoms with Gasteiger partial charge in [0.25, 0.3) is 0 Å². The fraction of sp³-hybridized carbons (Fsp3) is 0.650. The number of carbonyl (C=O) groups excluding carboxylic acids is 1. The molecule has 1 aliphatic rings. The van der Waals surface area contributed by atoms with Gasteiger partial charge in [0.15, 0.2) is 0 Å². The van der Waals surface area contributed by atoms with Gasteiger partial charge in [0.2, 0.25) is 5.91 Å². The minimum atomic E-state index is 0.171. The summed E-state index contributed by atoms with van der Waals surface area (Å²) in [5.41, 5.74) is 2.56. The Morgan fingerprint density at radius 1 is 1.13 bits per heavy atom. The van der Waals surface area contributed by atoms with E-state index in [0.29, 0.717) is 13.0 Å². The van der Waals surface area contributed by atoms with E-state index in [4.69, 9.17) is 0 Å². The van der Waals surface area contributed by atoms with Crippen LogP contribution in [0.25, 0.3) is 0 Å². The zero-order valence-electron chi connectivity index (χ0n) is 14.8. The summed E-state index contributed by atoms with van der Waals surface area (Å²) in [5.74, 6) is 1.06. The molecule has 128 valence electrons. The molecule has 0 radical (unpaired) electrons. The molecule has 0 bridgehead atoms. The Morgan fingerprint density at radius 2 is 1.78 bits per heavy atom. The number of likely N-dealkylation sites (tertiary alicyclic amines) is 1. The van der Waals surface area contributed by atoms with E-state index in [-0.39, 0.29) is 5.91 Å². The first-order valence-corrected chi connectivity index (χ1v) is 9.24. The van der Waals surface area contributed by atoms with E-state index in [1.54, 1.807) is 0 Å². The van der Waals surface area contributed by atoms with Gasteiger partial charge in [-0.1, -0.05) is 51.0 Å². The molecule has 0 atom stereocenters. The van der Waals surface area contributed by atoms with Crippen LogP contribution in [-0.4, -0.2) is 23.9 Å². The Hall–Kier alpha value is -1.35. The van der Waals surface area contributed by atoms with Crippen LogP contribution >= 0.6 is 0 Å². The highest BCUT2D eigenvalue weighted by Gasteiger charge is 2.15. The molecule has 2 rings (SSSR count). The van der Waals surface area contributed by atoms with Crippen molar-refractivity contribution in [2.75, 3.05) is 13.1 Å². The summed E-state index contributed by atoms with van der Waals surface area (Å²) >= 11 is 0. The Labute approximate surface area is 141 Å². The predicted molar refractivity (Wildman–Crippen MR) is 96.1 cm³/mol. The summed E-state index contributed by atoms with van der Waals surface area (Å²) in [6, 6.07) is 8.70. The lowest BCUT2D eigenvalue weighted by Gasteiger charge is -2.30. The number of carbonyl (C=O) groups is 1. The lowest BCUT2D eigenvalue weighted by molar-refractivity contribution is -0.121. The van der Waals surface area contributed by atoms with Gasteiger partial charge in [-0.15, -0.1) is 0 Å². The summed E-state index contributed by atoms with van der Waals surface area (Å²) in [5, 5.41) is 3.01. The summed E-state index contributed by atoms with van der Waals surface area (Å²) in [6.07, 6.45) is 6.58. The molecule has 1 N–H and O–H groups in total. The number of rotatable bonds is 8. The van der Waals surface area contributed by atoms with Gasteiger partial charge in [-0.2, -0.15) is 0 Å². The van der Waals surface area contributed by atoms with E-state index in [2.05, 4.69) is 48.3 Å². The smallest absolute Gasteiger partial charge is 0.220 e. The van der Waals surface area contributed by atoms with Gasteiger partial charge in [-0.05, 0) is 49.4 Å². The summed E-state index contributed by atoms with van der Waals surface area (Å²) < 4.78 is 0. The number of piperidine rings is 1. The van der Waals surface area contributed by atoms with Crippen LogP contribution in [0.1, 0.15) is 63.5 Å². The number of nitrogens with zero attached hydrogens (tertiary/aromatic N) is 1. The molecule has 23 heavy (non-hydrogen) atoms. The second-order valence-electron chi connectivity index (χ2n) is 7.01. The normalized spacial score (nSPS) is 16.4. The van der Waals surface area contributed by atoms with Crippen molar-refractivity contribution < 1.29 is 4.79 Å². The Morgan fingerprint density at radius 3 is 2.43 bits per heavy atom. The molecule has 1 saturated heterocycles. The zero-order valence-corrected chi connectivity index (χ0v) is 14.8. The largest absolute Gasteiger partial charge is 0.352 e. The van der Waals surface area contributed by atoms with Crippen molar-refractivity contribution in [3.63, 3.8) is 0 Å². The van der Waals surface area contributed by atoms with Crippen LogP contribution in [0.4, 0.5) is 0 Å². The van der Waals surface area contributed by atoms with E-state index in [9.17, 15) is 4.79 Å². The molecule has 0 aliphatic carbocycles. The quantitative estimate of drug-likeness (QED) is 0.732. The molecule has 3 heteroatoms. The molecule has 1 aromatic carbocycles. The minimum Gasteiger partial charge on any atom is -0.352 e. The van der Waals surface area contributed by atoms with Crippen molar-refractivity contribution in [2.24, 2.45) is 5.92 Å². The van der Waals surface area contributed by atoms with Gasteiger partial charge < -0.3 is 5.32 Å². The van der Waals surface area contributed by atoms with Crippen LogP contribution in [0.15, 0.2) is 24.3 Å². The first-order chi connectivity index (χ1) is 11.2. The molecular formula is C20H32N2O. The van der Waals surface area contributed by atoms with Crippen LogP contribution in [0.5, 0.6) is 0 Å². The standard InChI is InChI=1S/C20H32N2O/c1-3-4-5-6-20(23)21-15-18-7-9-19(10-8-18)16-22-13-11-17(2)12-14-22/h7-10,17H,3-6,11-16H2,1-2H3,(H,21,23). The van der Waals surface area contributed by atoms with Gasteiger partial charge in [0, 0.05) is 19.5 Å². The first kappa shape index (κ1) is 18.0. The minimum absolute atomic E-state index is 0.171. The number of unbranched alkanes of at least 4 members (excludes halogenated alkanes) is 2. The molecule has 0 spiro atoms. The number of amides is 1. The third kappa shape index (κ3) is 6.74. The molecule has 0 aromatic heterocycles. The third-order valence-electron chi connectivity index (χ3n) is 4.80. The van der Waals surface area contributed by atoms with Gasteiger partial charge in [-0.25, -0.2) is 0 Å². The molecule has 0 unspecified atom stereocenters. The zero-order chi connectivity index (χ0) is 16.5. The summed E-state index contributed by atoms with van der Waals surface area (Å²) in [4.78, 5) is 14.3. The van der Waals surface area contributed by atoms with E-state index in [1.807, 2.05) is 0 Å². The molecule has 1 amide bonds. The second kappa shape index (κ2) is 9.71. The molecular weight excluding hydrogens is 284 g/mol. The topological polar surface area (TPSA) is 32.3 Å². The van der Waals surface area contributed by atoms with Gasteiger partial charge in [0.05, 0.1) is 0 Å². The Kier molecular flexibility index (Phi) is 7.60. The van der Waals surface area contributed by atoms with Crippen LogP contribution in [0, 0.1) is 5.92 Å². The van der Waals surface area contributed by atoms with E-state index < -0.39 is 0 Å². The first-order valence-electron chi connectivity index (χ1n) is 9.24. The van der Waals surface area contributed by atoms with Gasteiger partial charge in [-0.3, -0.25) is 9.69 Å². The summed E-state index contributed by atoms with van der Waals surface area (Å²) in [6.45, 7) is 8.64. The molecule has 0 saturated carbocycles. The number of hydrogen-bond acceptors (Lipinski definition) is 2. The number of benzene rings is 1. The van der Waals surface area contributed by atoms with Crippen LogP contribution in [-0.2, 0) is 17.9 Å². The van der Waals surface area contributed by atoms with Crippen molar-refractivity contribution in [1.82, 2.24) is 10.2 Å². The Balaban J connectivity index is 1.70.